The molecule has 6 heteroatoms. The zero-order chi connectivity index (χ0) is 20.4. The molecule has 7 atom stereocenters. The second kappa shape index (κ2) is 6.51. The van der Waals surface area contributed by atoms with Crippen LogP contribution in [0.1, 0.15) is 65.2 Å². The van der Waals surface area contributed by atoms with Crippen molar-refractivity contribution < 1.29 is 19.1 Å². The fraction of sp³-hybridized carbons (Fsp3) is 0.739. The maximum atomic E-state index is 13.3. The molecule has 0 saturated heterocycles. The maximum absolute atomic E-state index is 13.3. The summed E-state index contributed by atoms with van der Waals surface area (Å²) in [5.74, 6) is 1.90. The van der Waals surface area contributed by atoms with Crippen LogP contribution in [0.3, 0.4) is 0 Å². The van der Waals surface area contributed by atoms with E-state index in [9.17, 15) is 14.4 Å². The van der Waals surface area contributed by atoms with Gasteiger partial charge in [-0.3, -0.25) is 9.59 Å². The first kappa shape index (κ1) is 19.0. The van der Waals surface area contributed by atoms with Gasteiger partial charge in [-0.2, -0.15) is 0 Å². The highest BCUT2D eigenvalue weighted by Gasteiger charge is 2.62. The van der Waals surface area contributed by atoms with Gasteiger partial charge in [-0.1, -0.05) is 13.8 Å². The lowest BCUT2D eigenvalue weighted by Crippen LogP contribution is -2.57. The summed E-state index contributed by atoms with van der Waals surface area (Å²) >= 11 is 0. The molecule has 0 bridgehead atoms. The molecule has 4 aliphatic carbocycles. The van der Waals surface area contributed by atoms with E-state index in [1.807, 2.05) is 0 Å². The van der Waals surface area contributed by atoms with Crippen molar-refractivity contribution in [2.24, 2.45) is 34.5 Å². The van der Waals surface area contributed by atoms with Crippen molar-refractivity contribution in [2.75, 3.05) is 0 Å². The maximum Gasteiger partial charge on any atom is 0.419 e. The molecule has 4 saturated carbocycles. The number of ether oxygens (including phenoxy) is 1. The molecule has 0 aromatic carbocycles. The Morgan fingerprint density at radius 3 is 2.76 bits per heavy atom. The van der Waals surface area contributed by atoms with E-state index in [1.165, 1.54) is 10.9 Å². The Morgan fingerprint density at radius 1 is 1.17 bits per heavy atom. The Bertz CT molecular complexity index is 849. The molecule has 4 fully saturated rings. The fourth-order valence-electron chi connectivity index (χ4n) is 7.45. The van der Waals surface area contributed by atoms with Gasteiger partial charge in [0.1, 0.15) is 24.0 Å². The van der Waals surface area contributed by atoms with Crippen molar-refractivity contribution in [3.8, 4) is 0 Å². The lowest BCUT2D eigenvalue weighted by molar-refractivity contribution is -0.160. The van der Waals surface area contributed by atoms with Gasteiger partial charge in [-0.05, 0) is 61.7 Å². The standard InChI is InChI=1S/C23H30N2O4/c1-22-7-5-14(29-21(28)25-10-9-24-13-25)11-18(22)19(26)12-15-16-3-4-20(27)23(16,2)8-6-17(15)22/h9-10,13-18H,3-8,11-12H2,1-2H3/t14-,15-,16-,17-,18?,22+,23-/m0/s1. The van der Waals surface area contributed by atoms with Crippen LogP contribution in [0.2, 0.25) is 0 Å². The molecule has 0 N–H and O–H groups in total. The number of rotatable bonds is 1. The molecule has 29 heavy (non-hydrogen) atoms. The molecule has 4 aliphatic rings. The van der Waals surface area contributed by atoms with Crippen LogP contribution in [0.4, 0.5) is 4.79 Å². The van der Waals surface area contributed by atoms with Crippen LogP contribution in [0.25, 0.3) is 0 Å². The second-order valence-corrected chi connectivity index (χ2v) is 10.3. The number of hydrogen-bond donors (Lipinski definition) is 0. The van der Waals surface area contributed by atoms with Crippen LogP contribution in [0, 0.1) is 34.5 Å². The number of Topliss-reactive ketones (excluding diaryl/α,β-unsaturated/α-hetero) is 2. The van der Waals surface area contributed by atoms with E-state index in [-0.39, 0.29) is 22.9 Å². The molecule has 0 aliphatic heterocycles. The number of carbonyl (C=O) groups is 3. The Hall–Kier alpha value is -1.98. The molecule has 0 amide bonds. The number of imidazole rings is 1. The third-order valence-corrected chi connectivity index (χ3v) is 9.10. The van der Waals surface area contributed by atoms with Gasteiger partial charge in [0.25, 0.3) is 0 Å². The van der Waals surface area contributed by atoms with Crippen LogP contribution in [0.5, 0.6) is 0 Å². The molecule has 6 nitrogen and oxygen atoms in total. The number of aromatic nitrogens is 2. The van der Waals surface area contributed by atoms with E-state index in [0.29, 0.717) is 48.6 Å². The van der Waals surface area contributed by atoms with Crippen molar-refractivity contribution in [3.05, 3.63) is 18.7 Å². The third-order valence-electron chi connectivity index (χ3n) is 9.10. The van der Waals surface area contributed by atoms with Crippen molar-refractivity contribution >= 4 is 17.7 Å². The highest BCUT2D eigenvalue weighted by Crippen LogP contribution is 2.64. The summed E-state index contributed by atoms with van der Waals surface area (Å²) in [5, 5.41) is 0. The second-order valence-electron chi connectivity index (χ2n) is 10.3. The molecule has 1 aromatic rings. The van der Waals surface area contributed by atoms with Crippen LogP contribution < -0.4 is 0 Å². The van der Waals surface area contributed by atoms with Crippen molar-refractivity contribution in [2.45, 2.75) is 71.3 Å². The average molecular weight is 399 g/mol. The van der Waals surface area contributed by atoms with Crippen LogP contribution in [-0.4, -0.2) is 33.3 Å². The molecular weight excluding hydrogens is 368 g/mol. The Morgan fingerprint density at radius 2 is 2.00 bits per heavy atom. The van der Waals surface area contributed by atoms with Crippen molar-refractivity contribution in [1.29, 1.82) is 0 Å². The monoisotopic (exact) mass is 398 g/mol. The zero-order valence-electron chi connectivity index (χ0n) is 17.3. The molecule has 1 unspecified atom stereocenters. The third kappa shape index (κ3) is 2.74. The average Bonchev–Trinajstić information content (AvgIpc) is 3.32. The van der Waals surface area contributed by atoms with Gasteiger partial charge in [0.05, 0.1) is 0 Å². The number of nitrogens with zero attached hydrogens (tertiary/aromatic N) is 2. The van der Waals surface area contributed by atoms with Gasteiger partial charge < -0.3 is 4.74 Å². The first-order valence-corrected chi connectivity index (χ1v) is 11.1. The highest BCUT2D eigenvalue weighted by molar-refractivity contribution is 5.88. The zero-order valence-corrected chi connectivity index (χ0v) is 17.3. The number of ketones is 2. The minimum Gasteiger partial charge on any atom is -0.446 e. The minimum absolute atomic E-state index is 0.0368. The number of hydrogen-bond acceptors (Lipinski definition) is 5. The van der Waals surface area contributed by atoms with Crippen LogP contribution in [0.15, 0.2) is 18.7 Å². The summed E-state index contributed by atoms with van der Waals surface area (Å²) in [5.41, 5.74) is -0.243. The van der Waals surface area contributed by atoms with Gasteiger partial charge in [-0.15, -0.1) is 0 Å². The van der Waals surface area contributed by atoms with Crippen molar-refractivity contribution in [1.82, 2.24) is 9.55 Å². The molecular formula is C23H30N2O4. The summed E-state index contributed by atoms with van der Waals surface area (Å²) in [6.45, 7) is 4.44. The number of fused-ring (bicyclic) bond motifs is 5. The van der Waals surface area contributed by atoms with Gasteiger partial charge in [0.2, 0.25) is 0 Å². The highest BCUT2D eigenvalue weighted by atomic mass is 16.6. The van der Waals surface area contributed by atoms with Crippen LogP contribution >= 0.6 is 0 Å². The van der Waals surface area contributed by atoms with Gasteiger partial charge in [0, 0.05) is 36.6 Å². The predicted octanol–water partition coefficient (Wildman–Crippen LogP) is 4.03. The Kier molecular flexibility index (Phi) is 4.27. The predicted molar refractivity (Wildman–Crippen MR) is 105 cm³/mol. The summed E-state index contributed by atoms with van der Waals surface area (Å²) in [6, 6.07) is 0. The molecule has 5 rings (SSSR count). The molecule has 1 aromatic heterocycles. The normalized spacial score (nSPS) is 44.0. The summed E-state index contributed by atoms with van der Waals surface area (Å²) in [4.78, 5) is 42.0. The fourth-order valence-corrected chi connectivity index (χ4v) is 7.45. The topological polar surface area (TPSA) is 78.3 Å². The molecule has 0 spiro atoms. The Labute approximate surface area is 171 Å². The summed E-state index contributed by atoms with van der Waals surface area (Å²) in [6.07, 6.45) is 10.5. The minimum atomic E-state index is -0.421. The van der Waals surface area contributed by atoms with Gasteiger partial charge in [0.15, 0.2) is 0 Å². The van der Waals surface area contributed by atoms with E-state index in [0.717, 1.165) is 32.1 Å². The van der Waals surface area contributed by atoms with Gasteiger partial charge >= 0.3 is 6.09 Å². The SMILES string of the molecule is C[C@]12CC[C@H](OC(=O)n3ccnc3)CC1C(=O)C[C@@H]1[C@@H]2CC[C@]2(C)C(=O)CC[C@@H]12. The Balaban J connectivity index is 1.35. The van der Waals surface area contributed by atoms with E-state index in [4.69, 9.17) is 4.74 Å². The van der Waals surface area contributed by atoms with Crippen LogP contribution in [-0.2, 0) is 14.3 Å². The largest absolute Gasteiger partial charge is 0.446 e. The smallest absolute Gasteiger partial charge is 0.419 e. The summed E-state index contributed by atoms with van der Waals surface area (Å²) < 4.78 is 7.04. The number of carbonyl (C=O) groups excluding carboxylic acids is 3. The van der Waals surface area contributed by atoms with E-state index >= 15 is 0 Å². The van der Waals surface area contributed by atoms with E-state index < -0.39 is 6.09 Å². The molecule has 156 valence electrons. The molecule has 1 heterocycles. The lowest BCUT2D eigenvalue weighted by atomic mass is 9.45. The van der Waals surface area contributed by atoms with Crippen molar-refractivity contribution in [3.63, 3.8) is 0 Å². The van der Waals surface area contributed by atoms with E-state index in [2.05, 4.69) is 18.8 Å². The van der Waals surface area contributed by atoms with E-state index in [1.54, 1.807) is 12.4 Å². The quantitative estimate of drug-likeness (QED) is 0.714. The van der Waals surface area contributed by atoms with Gasteiger partial charge in [-0.25, -0.2) is 14.3 Å². The lowest BCUT2D eigenvalue weighted by Gasteiger charge is -2.59. The first-order valence-electron chi connectivity index (χ1n) is 11.1. The summed E-state index contributed by atoms with van der Waals surface area (Å²) in [7, 11) is 0. The first-order chi connectivity index (χ1) is 13.8. The molecule has 0 radical (unpaired) electrons.